The smallest absolute Gasteiger partial charge is 0.306 e. The van der Waals surface area contributed by atoms with Crippen LogP contribution >= 0.6 is 0 Å². The maximum atomic E-state index is 12.9. The van der Waals surface area contributed by atoms with Crippen molar-refractivity contribution in [2.45, 2.75) is 18.2 Å². The average Bonchev–Trinajstić information content (AvgIpc) is 2.27. The minimum absolute atomic E-state index is 0.123. The van der Waals surface area contributed by atoms with Gasteiger partial charge >= 0.3 is 5.97 Å². The van der Waals surface area contributed by atoms with Gasteiger partial charge in [-0.2, -0.15) is 0 Å². The number of hydrogen-bond acceptors (Lipinski definition) is 4. The number of carbonyl (C=O) groups is 1. The molecule has 4 nitrogen and oxygen atoms in total. The number of benzene rings is 1. The SMILES string of the molecule is CCOC(=O)CCS(=O)(=O)c1cccc(F)c1. The van der Waals surface area contributed by atoms with E-state index in [1.807, 2.05) is 0 Å². The van der Waals surface area contributed by atoms with Gasteiger partial charge in [-0.05, 0) is 25.1 Å². The lowest BCUT2D eigenvalue weighted by Crippen LogP contribution is -2.13. The van der Waals surface area contributed by atoms with E-state index in [1.165, 1.54) is 12.1 Å². The summed E-state index contributed by atoms with van der Waals surface area (Å²) in [7, 11) is -3.64. The summed E-state index contributed by atoms with van der Waals surface area (Å²) in [4.78, 5) is 10.9. The molecule has 17 heavy (non-hydrogen) atoms. The van der Waals surface area contributed by atoms with Crippen LogP contribution in [0.5, 0.6) is 0 Å². The Kier molecular flexibility index (Phi) is 4.62. The molecule has 0 radical (unpaired) electrons. The predicted octanol–water partition coefficient (Wildman–Crippen LogP) is 1.55. The van der Waals surface area contributed by atoms with Gasteiger partial charge in [-0.1, -0.05) is 6.07 Å². The first-order valence-electron chi connectivity index (χ1n) is 5.09. The number of rotatable bonds is 5. The highest BCUT2D eigenvalue weighted by atomic mass is 32.2. The van der Waals surface area contributed by atoms with Gasteiger partial charge in [0.05, 0.1) is 23.7 Å². The Bertz CT molecular complexity index is 496. The highest BCUT2D eigenvalue weighted by Crippen LogP contribution is 2.13. The fraction of sp³-hybridized carbons (Fsp3) is 0.364. The first-order chi connectivity index (χ1) is 7.95. The third kappa shape index (κ3) is 4.14. The largest absolute Gasteiger partial charge is 0.466 e. The van der Waals surface area contributed by atoms with Crippen molar-refractivity contribution < 1.29 is 22.3 Å². The van der Waals surface area contributed by atoms with Gasteiger partial charge in [-0.25, -0.2) is 12.8 Å². The summed E-state index contributed by atoms with van der Waals surface area (Å²) in [6.07, 6.45) is -0.229. The third-order valence-electron chi connectivity index (χ3n) is 2.04. The molecule has 1 rings (SSSR count). The van der Waals surface area contributed by atoms with Gasteiger partial charge in [-0.3, -0.25) is 4.79 Å². The van der Waals surface area contributed by atoms with Crippen molar-refractivity contribution in [3.63, 3.8) is 0 Å². The normalized spacial score (nSPS) is 11.2. The van der Waals surface area contributed by atoms with Gasteiger partial charge in [0.1, 0.15) is 5.82 Å². The zero-order chi connectivity index (χ0) is 12.9. The molecule has 94 valence electrons. The second-order valence-electron chi connectivity index (χ2n) is 3.33. The molecule has 0 spiro atoms. The van der Waals surface area contributed by atoms with Crippen LogP contribution < -0.4 is 0 Å². The molecule has 0 aliphatic heterocycles. The monoisotopic (exact) mass is 260 g/mol. The van der Waals surface area contributed by atoms with Crippen LogP contribution in [0.25, 0.3) is 0 Å². The molecule has 6 heteroatoms. The molecule has 0 saturated carbocycles. The van der Waals surface area contributed by atoms with Crippen LogP contribution in [0.1, 0.15) is 13.3 Å². The van der Waals surface area contributed by atoms with E-state index >= 15 is 0 Å². The lowest BCUT2D eigenvalue weighted by Gasteiger charge is -2.04. The summed E-state index contributed by atoms with van der Waals surface area (Å²) in [5.41, 5.74) is 0. The number of ether oxygens (including phenoxy) is 1. The number of esters is 1. The number of hydrogen-bond donors (Lipinski definition) is 0. The lowest BCUT2D eigenvalue weighted by atomic mass is 10.4. The number of sulfone groups is 1. The van der Waals surface area contributed by atoms with E-state index in [0.29, 0.717) is 0 Å². The topological polar surface area (TPSA) is 60.4 Å². The van der Waals surface area contributed by atoms with E-state index in [-0.39, 0.29) is 23.7 Å². The van der Waals surface area contributed by atoms with E-state index < -0.39 is 21.6 Å². The molecule has 0 fully saturated rings. The molecule has 0 amide bonds. The van der Waals surface area contributed by atoms with E-state index in [2.05, 4.69) is 4.74 Å². The van der Waals surface area contributed by atoms with Crippen LogP contribution in [0.2, 0.25) is 0 Å². The third-order valence-corrected chi connectivity index (χ3v) is 3.75. The van der Waals surface area contributed by atoms with E-state index in [4.69, 9.17) is 0 Å². The minimum Gasteiger partial charge on any atom is -0.466 e. The molecule has 0 bridgehead atoms. The summed E-state index contributed by atoms with van der Waals surface area (Å²) < 4.78 is 40.9. The Morgan fingerprint density at radius 1 is 1.41 bits per heavy atom. The Balaban J connectivity index is 2.73. The Hall–Kier alpha value is -1.43. The van der Waals surface area contributed by atoms with Crippen molar-refractivity contribution in [3.8, 4) is 0 Å². The molecule has 0 saturated heterocycles. The maximum absolute atomic E-state index is 12.9. The first kappa shape index (κ1) is 13.6. The molecule has 0 aliphatic carbocycles. The van der Waals surface area contributed by atoms with Crippen molar-refractivity contribution >= 4 is 15.8 Å². The molecule has 0 aliphatic rings. The van der Waals surface area contributed by atoms with E-state index in [0.717, 1.165) is 12.1 Å². The second-order valence-corrected chi connectivity index (χ2v) is 5.44. The van der Waals surface area contributed by atoms with Crippen LogP contribution in [0.3, 0.4) is 0 Å². The fourth-order valence-electron chi connectivity index (χ4n) is 1.23. The zero-order valence-electron chi connectivity index (χ0n) is 9.35. The molecule has 0 heterocycles. The molecule has 1 aromatic carbocycles. The standard InChI is InChI=1S/C11H13FO4S/c1-2-16-11(13)6-7-17(14,15)10-5-3-4-9(12)8-10/h3-5,8H,2,6-7H2,1H3. The summed E-state index contributed by atoms with van der Waals surface area (Å²) in [5.74, 6) is -1.58. The average molecular weight is 260 g/mol. The summed E-state index contributed by atoms with van der Waals surface area (Å²) in [5, 5.41) is 0. The van der Waals surface area contributed by atoms with Gasteiger partial charge in [0.25, 0.3) is 0 Å². The molecule has 1 aromatic rings. The van der Waals surface area contributed by atoms with Gasteiger partial charge in [0.15, 0.2) is 9.84 Å². The quantitative estimate of drug-likeness (QED) is 0.754. The molecule has 0 aromatic heterocycles. The molecule has 0 atom stereocenters. The van der Waals surface area contributed by atoms with Crippen molar-refractivity contribution in [3.05, 3.63) is 30.1 Å². The van der Waals surface area contributed by atoms with Crippen LogP contribution in [0.4, 0.5) is 4.39 Å². The van der Waals surface area contributed by atoms with Gasteiger partial charge in [0.2, 0.25) is 0 Å². The molecular weight excluding hydrogens is 247 g/mol. The first-order valence-corrected chi connectivity index (χ1v) is 6.75. The van der Waals surface area contributed by atoms with Crippen LogP contribution in [0.15, 0.2) is 29.2 Å². The molecular formula is C11H13FO4S. The van der Waals surface area contributed by atoms with Crippen molar-refractivity contribution in [1.82, 2.24) is 0 Å². The fourth-order valence-corrected chi connectivity index (χ4v) is 2.48. The summed E-state index contributed by atoms with van der Waals surface area (Å²) in [6, 6.07) is 4.70. The van der Waals surface area contributed by atoms with Crippen molar-refractivity contribution in [2.75, 3.05) is 12.4 Å². The second kappa shape index (κ2) is 5.77. The van der Waals surface area contributed by atoms with Gasteiger partial charge < -0.3 is 4.74 Å². The highest BCUT2D eigenvalue weighted by molar-refractivity contribution is 7.91. The number of carbonyl (C=O) groups excluding carboxylic acids is 1. The zero-order valence-corrected chi connectivity index (χ0v) is 10.2. The van der Waals surface area contributed by atoms with Crippen LogP contribution in [-0.2, 0) is 19.4 Å². The Morgan fingerprint density at radius 3 is 2.71 bits per heavy atom. The minimum atomic E-state index is -3.64. The molecule has 0 unspecified atom stereocenters. The highest BCUT2D eigenvalue weighted by Gasteiger charge is 2.17. The van der Waals surface area contributed by atoms with Crippen molar-refractivity contribution in [2.24, 2.45) is 0 Å². The number of halogens is 1. The van der Waals surface area contributed by atoms with Crippen LogP contribution in [-0.4, -0.2) is 26.7 Å². The predicted molar refractivity (Wildman–Crippen MR) is 59.7 cm³/mol. The summed E-state index contributed by atoms with van der Waals surface area (Å²) >= 11 is 0. The van der Waals surface area contributed by atoms with Gasteiger partial charge in [0, 0.05) is 0 Å². The lowest BCUT2D eigenvalue weighted by molar-refractivity contribution is -0.142. The van der Waals surface area contributed by atoms with E-state index in [1.54, 1.807) is 6.92 Å². The maximum Gasteiger partial charge on any atom is 0.306 e. The molecule has 0 N–H and O–H groups in total. The van der Waals surface area contributed by atoms with E-state index in [9.17, 15) is 17.6 Å². The Morgan fingerprint density at radius 2 is 2.12 bits per heavy atom. The van der Waals surface area contributed by atoms with Gasteiger partial charge in [-0.15, -0.1) is 0 Å². The summed E-state index contributed by atoms with van der Waals surface area (Å²) in [6.45, 7) is 1.85. The van der Waals surface area contributed by atoms with Crippen molar-refractivity contribution in [1.29, 1.82) is 0 Å². The Labute approximate surface area is 99.3 Å². The van der Waals surface area contributed by atoms with Crippen LogP contribution in [0, 0.1) is 5.82 Å².